The van der Waals surface area contributed by atoms with Gasteiger partial charge in [0.1, 0.15) is 12.1 Å². The minimum Gasteiger partial charge on any atom is -0.367 e. The lowest BCUT2D eigenvalue weighted by Crippen LogP contribution is -2.49. The van der Waals surface area contributed by atoms with Crippen LogP contribution in [0.1, 0.15) is 13.8 Å². The second kappa shape index (κ2) is 7.52. The Hall–Kier alpha value is -2.05. The molecule has 0 aliphatic carbocycles. The predicted molar refractivity (Wildman–Crippen MR) is 112 cm³/mol. The number of nitrogens with zero attached hydrogens (tertiary/aromatic N) is 4. The summed E-state index contributed by atoms with van der Waals surface area (Å²) in [6.45, 7) is 8.02. The van der Waals surface area contributed by atoms with Crippen molar-refractivity contribution in [1.82, 2.24) is 14.9 Å². The summed E-state index contributed by atoms with van der Waals surface area (Å²) in [5.41, 5.74) is 3.03. The summed E-state index contributed by atoms with van der Waals surface area (Å²) in [5.74, 6) is -0.202. The highest BCUT2D eigenvalue weighted by atomic mass is 79.9. The van der Waals surface area contributed by atoms with Gasteiger partial charge in [-0.25, -0.2) is 14.4 Å². The molecule has 4 nitrogen and oxygen atoms in total. The van der Waals surface area contributed by atoms with Crippen molar-refractivity contribution in [3.63, 3.8) is 0 Å². The third-order valence-corrected chi connectivity index (χ3v) is 5.70. The van der Waals surface area contributed by atoms with Crippen LogP contribution >= 0.6 is 15.9 Å². The molecule has 0 unspecified atom stereocenters. The second-order valence-corrected chi connectivity index (χ2v) is 8.08. The minimum atomic E-state index is -0.202. The summed E-state index contributed by atoms with van der Waals surface area (Å²) >= 11 is 3.49. The third-order valence-electron chi connectivity index (χ3n) is 5.20. The zero-order chi connectivity index (χ0) is 19.0. The topological polar surface area (TPSA) is 32.3 Å². The van der Waals surface area contributed by atoms with Gasteiger partial charge in [0.25, 0.3) is 0 Å². The molecule has 1 aliphatic rings. The van der Waals surface area contributed by atoms with E-state index in [1.54, 1.807) is 6.07 Å². The van der Waals surface area contributed by atoms with E-state index in [2.05, 4.69) is 49.5 Å². The number of piperazine rings is 1. The lowest BCUT2D eigenvalue weighted by atomic mass is 10.1. The summed E-state index contributed by atoms with van der Waals surface area (Å²) in [4.78, 5) is 13.3. The van der Waals surface area contributed by atoms with E-state index in [9.17, 15) is 4.39 Å². The van der Waals surface area contributed by atoms with Gasteiger partial charge in [-0.2, -0.15) is 0 Å². The highest BCUT2D eigenvalue weighted by molar-refractivity contribution is 9.10. The summed E-state index contributed by atoms with van der Waals surface area (Å²) in [6.07, 6.45) is 1.53. The molecule has 27 heavy (non-hydrogen) atoms. The Morgan fingerprint density at radius 1 is 1.00 bits per heavy atom. The van der Waals surface area contributed by atoms with Crippen molar-refractivity contribution in [2.24, 2.45) is 0 Å². The zero-order valence-corrected chi connectivity index (χ0v) is 17.1. The summed E-state index contributed by atoms with van der Waals surface area (Å²) < 4.78 is 15.9. The lowest BCUT2D eigenvalue weighted by Gasteiger charge is -2.38. The van der Waals surface area contributed by atoms with E-state index in [4.69, 9.17) is 0 Å². The number of fused-ring (bicyclic) bond motifs is 1. The van der Waals surface area contributed by atoms with Gasteiger partial charge in [0, 0.05) is 47.6 Å². The smallest absolute Gasteiger partial charge is 0.147 e. The van der Waals surface area contributed by atoms with Crippen LogP contribution in [0.25, 0.3) is 22.2 Å². The van der Waals surface area contributed by atoms with E-state index >= 15 is 0 Å². The Labute approximate surface area is 167 Å². The predicted octanol–water partition coefficient (Wildman–Crippen LogP) is 4.73. The molecule has 0 radical (unpaired) electrons. The van der Waals surface area contributed by atoms with Gasteiger partial charge in [0.2, 0.25) is 0 Å². The third kappa shape index (κ3) is 3.69. The van der Waals surface area contributed by atoms with Gasteiger partial charge < -0.3 is 4.90 Å². The van der Waals surface area contributed by atoms with Crippen LogP contribution in [0.2, 0.25) is 0 Å². The van der Waals surface area contributed by atoms with E-state index in [0.29, 0.717) is 11.7 Å². The van der Waals surface area contributed by atoms with Crippen molar-refractivity contribution >= 4 is 32.5 Å². The molecule has 1 aromatic heterocycles. The van der Waals surface area contributed by atoms with Crippen LogP contribution < -0.4 is 4.90 Å². The summed E-state index contributed by atoms with van der Waals surface area (Å²) in [5, 5.41) is 0.907. The standard InChI is InChI=1S/C21H22BrFN4/c1-14(2)26-7-9-27(10-8-26)20-6-3-15(11-18(20)23)21-17-12-16(22)4-5-19(17)24-13-25-21/h3-6,11-14H,7-10H2,1-2H3. The highest BCUT2D eigenvalue weighted by Gasteiger charge is 2.21. The molecule has 0 saturated carbocycles. The quantitative estimate of drug-likeness (QED) is 0.603. The van der Waals surface area contributed by atoms with Crippen LogP contribution in [0.15, 0.2) is 47.2 Å². The highest BCUT2D eigenvalue weighted by Crippen LogP contribution is 2.31. The van der Waals surface area contributed by atoms with Gasteiger partial charge in [-0.15, -0.1) is 0 Å². The monoisotopic (exact) mass is 428 g/mol. The molecule has 1 saturated heterocycles. The fourth-order valence-electron chi connectivity index (χ4n) is 3.65. The van der Waals surface area contributed by atoms with Gasteiger partial charge in [0.15, 0.2) is 0 Å². The fraction of sp³-hybridized carbons (Fsp3) is 0.333. The number of benzene rings is 2. The molecule has 2 heterocycles. The molecule has 0 spiro atoms. The lowest BCUT2D eigenvalue weighted by molar-refractivity contribution is 0.209. The van der Waals surface area contributed by atoms with Crippen LogP contribution in [-0.4, -0.2) is 47.1 Å². The molecule has 3 aromatic rings. The van der Waals surface area contributed by atoms with Gasteiger partial charge in [0.05, 0.1) is 16.9 Å². The van der Waals surface area contributed by atoms with Crippen LogP contribution in [0.5, 0.6) is 0 Å². The first-order valence-corrected chi connectivity index (χ1v) is 10.0. The zero-order valence-electron chi connectivity index (χ0n) is 15.5. The molecule has 1 aliphatic heterocycles. The Kier molecular flexibility index (Phi) is 5.10. The number of aromatic nitrogens is 2. The first-order chi connectivity index (χ1) is 13.0. The van der Waals surface area contributed by atoms with E-state index in [1.807, 2.05) is 30.3 Å². The van der Waals surface area contributed by atoms with Crippen molar-refractivity contribution in [2.45, 2.75) is 19.9 Å². The molecule has 2 aromatic carbocycles. The molecule has 0 amide bonds. The molecule has 6 heteroatoms. The van der Waals surface area contributed by atoms with Gasteiger partial charge in [-0.1, -0.05) is 22.0 Å². The van der Waals surface area contributed by atoms with Gasteiger partial charge in [-0.05, 0) is 44.2 Å². The number of halogens is 2. The Bertz CT molecular complexity index is 968. The van der Waals surface area contributed by atoms with E-state index < -0.39 is 0 Å². The van der Waals surface area contributed by atoms with Crippen LogP contribution in [0.3, 0.4) is 0 Å². The van der Waals surface area contributed by atoms with Crippen molar-refractivity contribution < 1.29 is 4.39 Å². The van der Waals surface area contributed by atoms with E-state index in [1.165, 1.54) is 6.33 Å². The molecular weight excluding hydrogens is 407 g/mol. The molecule has 140 valence electrons. The Morgan fingerprint density at radius 3 is 2.48 bits per heavy atom. The molecule has 1 fully saturated rings. The van der Waals surface area contributed by atoms with Crippen LogP contribution in [-0.2, 0) is 0 Å². The van der Waals surface area contributed by atoms with Gasteiger partial charge in [-0.3, -0.25) is 4.90 Å². The maximum Gasteiger partial charge on any atom is 0.147 e. The average molecular weight is 429 g/mol. The maximum atomic E-state index is 14.9. The number of hydrogen-bond acceptors (Lipinski definition) is 4. The van der Waals surface area contributed by atoms with Crippen molar-refractivity contribution in [3.05, 3.63) is 53.0 Å². The Morgan fingerprint density at radius 2 is 1.78 bits per heavy atom. The van der Waals surface area contributed by atoms with Crippen LogP contribution in [0.4, 0.5) is 10.1 Å². The number of hydrogen-bond donors (Lipinski definition) is 0. The molecule has 0 atom stereocenters. The number of anilines is 1. The average Bonchev–Trinajstić information content (AvgIpc) is 2.67. The minimum absolute atomic E-state index is 0.202. The molecule has 4 rings (SSSR count). The first kappa shape index (κ1) is 18.3. The molecule has 0 bridgehead atoms. The molecular formula is C21H22BrFN4. The van der Waals surface area contributed by atoms with Crippen molar-refractivity contribution in [1.29, 1.82) is 0 Å². The van der Waals surface area contributed by atoms with Crippen molar-refractivity contribution in [3.8, 4) is 11.3 Å². The van der Waals surface area contributed by atoms with Gasteiger partial charge >= 0.3 is 0 Å². The fourth-order valence-corrected chi connectivity index (χ4v) is 4.01. The Balaban J connectivity index is 1.64. The summed E-state index contributed by atoms with van der Waals surface area (Å²) in [7, 11) is 0. The first-order valence-electron chi connectivity index (χ1n) is 9.22. The molecule has 0 N–H and O–H groups in total. The maximum absolute atomic E-state index is 14.9. The number of rotatable bonds is 3. The largest absolute Gasteiger partial charge is 0.367 e. The summed E-state index contributed by atoms with van der Waals surface area (Å²) in [6, 6.07) is 11.8. The van der Waals surface area contributed by atoms with Crippen molar-refractivity contribution in [2.75, 3.05) is 31.1 Å². The van der Waals surface area contributed by atoms with E-state index in [-0.39, 0.29) is 5.82 Å². The SMILES string of the molecule is CC(C)N1CCN(c2ccc(-c3ncnc4ccc(Br)cc34)cc2F)CC1. The van der Waals surface area contributed by atoms with E-state index in [0.717, 1.165) is 52.8 Å². The second-order valence-electron chi connectivity index (χ2n) is 7.17. The normalized spacial score (nSPS) is 15.7. The van der Waals surface area contributed by atoms with Crippen LogP contribution in [0, 0.1) is 5.82 Å².